The van der Waals surface area contributed by atoms with Crippen LogP contribution in [0.3, 0.4) is 0 Å². The first kappa shape index (κ1) is 19.7. The number of piperidine rings is 1. The molecular weight excluding hydrogens is 394 g/mol. The van der Waals surface area contributed by atoms with Crippen LogP contribution in [0.1, 0.15) is 39.9 Å². The molecule has 31 heavy (non-hydrogen) atoms. The van der Waals surface area contributed by atoms with Crippen LogP contribution in [0, 0.1) is 0 Å². The van der Waals surface area contributed by atoms with Gasteiger partial charge in [-0.1, -0.05) is 24.3 Å². The van der Waals surface area contributed by atoms with Gasteiger partial charge in [0, 0.05) is 24.2 Å². The molecule has 5 rings (SSSR count). The fraction of sp³-hybridized carbons (Fsp3) is 0.391. The molecule has 8 nitrogen and oxygen atoms in total. The standard InChI is InChI=1S/C23H25N5O3/c1-30-20-4-2-3-18-9-14-31-23(21(18)20)10-12-27(13-11-23)22(29)19-7-5-17(6-8-19)15-28-16-24-25-26-28/h2-8,16H,9-15H2,1H3. The number of hydrogen-bond acceptors (Lipinski definition) is 6. The normalized spacial score (nSPS) is 17.4. The van der Waals surface area contributed by atoms with Gasteiger partial charge in [-0.05, 0) is 59.0 Å². The first-order valence-corrected chi connectivity index (χ1v) is 10.6. The minimum atomic E-state index is -0.368. The summed E-state index contributed by atoms with van der Waals surface area (Å²) < 4.78 is 13.6. The molecule has 1 aromatic heterocycles. The van der Waals surface area contributed by atoms with Gasteiger partial charge in [0.2, 0.25) is 0 Å². The minimum Gasteiger partial charge on any atom is -0.496 e. The van der Waals surface area contributed by atoms with Gasteiger partial charge >= 0.3 is 0 Å². The number of amides is 1. The molecule has 1 saturated heterocycles. The number of carbonyl (C=O) groups excluding carboxylic acids is 1. The Labute approximate surface area is 180 Å². The lowest BCUT2D eigenvalue weighted by Gasteiger charge is -2.45. The molecular formula is C23H25N5O3. The predicted octanol–water partition coefficient (Wildman–Crippen LogP) is 2.43. The van der Waals surface area contributed by atoms with Gasteiger partial charge in [-0.25, -0.2) is 4.68 Å². The smallest absolute Gasteiger partial charge is 0.253 e. The molecule has 0 N–H and O–H groups in total. The lowest BCUT2D eigenvalue weighted by atomic mass is 9.78. The van der Waals surface area contributed by atoms with Crippen molar-refractivity contribution in [2.75, 3.05) is 26.8 Å². The Morgan fingerprint density at radius 3 is 2.68 bits per heavy atom. The van der Waals surface area contributed by atoms with Crippen molar-refractivity contribution in [1.82, 2.24) is 25.1 Å². The zero-order valence-electron chi connectivity index (χ0n) is 17.5. The summed E-state index contributed by atoms with van der Waals surface area (Å²) >= 11 is 0. The Kier molecular flexibility index (Phi) is 5.15. The fourth-order valence-corrected chi connectivity index (χ4v) is 4.74. The van der Waals surface area contributed by atoms with Crippen LogP contribution in [0.4, 0.5) is 0 Å². The van der Waals surface area contributed by atoms with Crippen molar-refractivity contribution < 1.29 is 14.3 Å². The largest absolute Gasteiger partial charge is 0.496 e. The van der Waals surface area contributed by atoms with E-state index in [1.54, 1.807) is 18.1 Å². The van der Waals surface area contributed by atoms with Crippen LogP contribution in [0.5, 0.6) is 5.75 Å². The third-order valence-electron chi connectivity index (χ3n) is 6.33. The summed E-state index contributed by atoms with van der Waals surface area (Å²) in [4.78, 5) is 15.0. The molecule has 0 bridgehead atoms. The molecule has 0 radical (unpaired) electrons. The second-order valence-corrected chi connectivity index (χ2v) is 8.08. The van der Waals surface area contributed by atoms with Crippen LogP contribution in [0.15, 0.2) is 48.8 Å². The van der Waals surface area contributed by atoms with Gasteiger partial charge in [0.05, 0.1) is 20.3 Å². The summed E-state index contributed by atoms with van der Waals surface area (Å²) in [5.74, 6) is 0.940. The number of likely N-dealkylation sites (tertiary alicyclic amines) is 1. The van der Waals surface area contributed by atoms with E-state index in [2.05, 4.69) is 21.6 Å². The summed E-state index contributed by atoms with van der Waals surface area (Å²) in [5, 5.41) is 11.2. The van der Waals surface area contributed by atoms with E-state index in [0.717, 1.165) is 30.6 Å². The zero-order valence-corrected chi connectivity index (χ0v) is 17.5. The number of benzene rings is 2. The van der Waals surface area contributed by atoms with Crippen LogP contribution in [0.2, 0.25) is 0 Å². The SMILES string of the molecule is COc1cccc2c1C1(CCN(C(=O)c3ccc(Cn4cnnn4)cc3)CC1)OCC2. The van der Waals surface area contributed by atoms with Crippen LogP contribution in [0.25, 0.3) is 0 Å². The maximum Gasteiger partial charge on any atom is 0.253 e. The summed E-state index contributed by atoms with van der Waals surface area (Å²) in [6.07, 6.45) is 4.00. The van der Waals surface area contributed by atoms with Crippen LogP contribution in [-0.4, -0.2) is 57.8 Å². The Morgan fingerprint density at radius 2 is 1.97 bits per heavy atom. The quantitative estimate of drug-likeness (QED) is 0.646. The highest BCUT2D eigenvalue weighted by Crippen LogP contribution is 2.45. The molecule has 0 aliphatic carbocycles. The topological polar surface area (TPSA) is 82.4 Å². The van der Waals surface area contributed by atoms with E-state index in [-0.39, 0.29) is 11.5 Å². The molecule has 3 heterocycles. The van der Waals surface area contributed by atoms with Gasteiger partial charge < -0.3 is 14.4 Å². The number of aromatic nitrogens is 4. The minimum absolute atomic E-state index is 0.0554. The lowest BCUT2D eigenvalue weighted by molar-refractivity contribution is -0.0946. The third kappa shape index (κ3) is 3.67. The van der Waals surface area contributed by atoms with E-state index in [0.29, 0.717) is 31.8 Å². The van der Waals surface area contributed by atoms with Crippen LogP contribution >= 0.6 is 0 Å². The Hall–Kier alpha value is -3.26. The number of fused-ring (bicyclic) bond motifs is 2. The van der Waals surface area contributed by atoms with Crippen molar-refractivity contribution in [3.8, 4) is 5.75 Å². The van der Waals surface area contributed by atoms with Crippen molar-refractivity contribution in [1.29, 1.82) is 0 Å². The summed E-state index contributed by atoms with van der Waals surface area (Å²) in [7, 11) is 1.71. The number of hydrogen-bond donors (Lipinski definition) is 0. The maximum absolute atomic E-state index is 13.1. The highest BCUT2D eigenvalue weighted by Gasteiger charge is 2.43. The van der Waals surface area contributed by atoms with Crippen molar-refractivity contribution >= 4 is 5.91 Å². The van der Waals surface area contributed by atoms with Crippen molar-refractivity contribution in [3.63, 3.8) is 0 Å². The van der Waals surface area contributed by atoms with E-state index < -0.39 is 0 Å². The van der Waals surface area contributed by atoms with E-state index in [9.17, 15) is 4.79 Å². The molecule has 1 spiro atoms. The molecule has 1 fully saturated rings. The first-order valence-electron chi connectivity index (χ1n) is 10.6. The van der Waals surface area contributed by atoms with E-state index in [1.807, 2.05) is 41.3 Å². The molecule has 2 aliphatic rings. The number of rotatable bonds is 4. The molecule has 8 heteroatoms. The third-order valence-corrected chi connectivity index (χ3v) is 6.33. The zero-order chi connectivity index (χ0) is 21.3. The maximum atomic E-state index is 13.1. The molecule has 160 valence electrons. The van der Waals surface area contributed by atoms with Gasteiger partial charge in [0.15, 0.2) is 0 Å². The van der Waals surface area contributed by atoms with Crippen LogP contribution in [-0.2, 0) is 23.3 Å². The summed E-state index contributed by atoms with van der Waals surface area (Å²) in [6, 6.07) is 13.9. The molecule has 0 saturated carbocycles. The Bertz CT molecular complexity index is 1040. The fourth-order valence-electron chi connectivity index (χ4n) is 4.74. The van der Waals surface area contributed by atoms with E-state index >= 15 is 0 Å². The average molecular weight is 419 g/mol. The highest BCUT2D eigenvalue weighted by atomic mass is 16.5. The molecule has 0 unspecified atom stereocenters. The van der Waals surface area contributed by atoms with E-state index in [1.165, 1.54) is 11.1 Å². The van der Waals surface area contributed by atoms with Crippen molar-refractivity contribution in [3.05, 3.63) is 71.0 Å². The van der Waals surface area contributed by atoms with Gasteiger partial charge in [-0.15, -0.1) is 5.10 Å². The predicted molar refractivity (Wildman–Crippen MR) is 113 cm³/mol. The van der Waals surface area contributed by atoms with Gasteiger partial charge in [0.1, 0.15) is 17.7 Å². The highest BCUT2D eigenvalue weighted by molar-refractivity contribution is 5.94. The van der Waals surface area contributed by atoms with Gasteiger partial charge in [-0.3, -0.25) is 4.79 Å². The second-order valence-electron chi connectivity index (χ2n) is 8.08. The molecule has 2 aromatic carbocycles. The molecule has 3 aromatic rings. The summed E-state index contributed by atoms with van der Waals surface area (Å²) in [5.41, 5.74) is 3.83. The molecule has 2 aliphatic heterocycles. The number of nitrogens with zero attached hydrogens (tertiary/aromatic N) is 5. The summed E-state index contributed by atoms with van der Waals surface area (Å²) in [6.45, 7) is 2.59. The average Bonchev–Trinajstić information content (AvgIpc) is 3.32. The number of carbonyl (C=O) groups is 1. The molecule has 0 atom stereocenters. The Morgan fingerprint density at radius 1 is 1.16 bits per heavy atom. The van der Waals surface area contributed by atoms with E-state index in [4.69, 9.17) is 9.47 Å². The van der Waals surface area contributed by atoms with Crippen molar-refractivity contribution in [2.45, 2.75) is 31.4 Å². The lowest BCUT2D eigenvalue weighted by Crippen LogP contribution is -2.48. The Balaban J connectivity index is 1.29. The van der Waals surface area contributed by atoms with Crippen LogP contribution < -0.4 is 4.74 Å². The monoisotopic (exact) mass is 419 g/mol. The number of methoxy groups -OCH3 is 1. The number of tetrazole rings is 1. The second kappa shape index (κ2) is 8.11. The molecule has 1 amide bonds. The van der Waals surface area contributed by atoms with Crippen molar-refractivity contribution in [2.24, 2.45) is 0 Å². The van der Waals surface area contributed by atoms with Gasteiger partial charge in [-0.2, -0.15) is 0 Å². The number of ether oxygens (including phenoxy) is 2. The first-order chi connectivity index (χ1) is 15.2. The van der Waals surface area contributed by atoms with Gasteiger partial charge in [0.25, 0.3) is 5.91 Å².